The van der Waals surface area contributed by atoms with Crippen molar-refractivity contribution in [2.24, 2.45) is 17.6 Å². The second kappa shape index (κ2) is 14.2. The Morgan fingerprint density at radius 2 is 1.20 bits per heavy atom. The van der Waals surface area contributed by atoms with Gasteiger partial charge in [-0.15, -0.1) is 0 Å². The smallest absolute Gasteiger partial charge is 0.326 e. The molecule has 4 rings (SSSR count). The van der Waals surface area contributed by atoms with Gasteiger partial charge in [-0.1, -0.05) is 70.5 Å². The van der Waals surface area contributed by atoms with E-state index in [1.807, 2.05) is 62.4 Å². The highest BCUT2D eigenvalue weighted by Crippen LogP contribution is 2.21. The molecule has 0 saturated carbocycles. The summed E-state index contributed by atoms with van der Waals surface area (Å²) in [7, 11) is 0. The number of rotatable bonds is 14. The van der Waals surface area contributed by atoms with Gasteiger partial charge in [-0.25, -0.2) is 4.79 Å². The standard InChI is InChI=1S/C33H42N6O5/c1-5-19(4)28(34)32(42)38-26(14-20-16-35-24-12-8-6-10-22(20)24)30(40)37-27(31(41)39-29(18(2)3)33(43)44)15-21-17-36-25-13-9-7-11-23(21)25/h6-13,16-19,26-29,35-36H,5,14-15,34H2,1-4H3,(H,37,40)(H,38,42)(H,39,41)(H,43,44). The third-order valence-electron chi connectivity index (χ3n) is 8.25. The molecule has 3 amide bonds. The van der Waals surface area contributed by atoms with Crippen LogP contribution in [0.1, 0.15) is 45.2 Å². The summed E-state index contributed by atoms with van der Waals surface area (Å²) in [5, 5.41) is 19.7. The van der Waals surface area contributed by atoms with Crippen molar-refractivity contribution in [2.75, 3.05) is 0 Å². The molecule has 4 aromatic rings. The Kier molecular flexibility index (Phi) is 10.4. The Labute approximate surface area is 256 Å². The number of carboxylic acid groups (broad SMARTS) is 1. The number of benzene rings is 2. The highest BCUT2D eigenvalue weighted by molar-refractivity contribution is 5.95. The molecule has 11 heteroatoms. The number of nitrogens with one attached hydrogen (secondary N) is 5. The Morgan fingerprint density at radius 1 is 0.750 bits per heavy atom. The molecule has 234 valence electrons. The summed E-state index contributed by atoms with van der Waals surface area (Å²) in [6, 6.07) is 11.0. The maximum atomic E-state index is 14.0. The first-order valence-electron chi connectivity index (χ1n) is 15.0. The van der Waals surface area contributed by atoms with E-state index < -0.39 is 53.8 Å². The van der Waals surface area contributed by atoms with Gasteiger partial charge in [0.05, 0.1) is 6.04 Å². The lowest BCUT2D eigenvalue weighted by Gasteiger charge is -2.27. The van der Waals surface area contributed by atoms with Gasteiger partial charge < -0.3 is 36.8 Å². The summed E-state index contributed by atoms with van der Waals surface area (Å²) in [4.78, 5) is 59.1. The van der Waals surface area contributed by atoms with Crippen molar-refractivity contribution in [1.29, 1.82) is 0 Å². The quantitative estimate of drug-likeness (QED) is 0.116. The fourth-order valence-electron chi connectivity index (χ4n) is 5.28. The number of carboxylic acids is 1. The number of carbonyl (C=O) groups is 4. The third kappa shape index (κ3) is 7.46. The van der Waals surface area contributed by atoms with Gasteiger partial charge in [0.25, 0.3) is 0 Å². The van der Waals surface area contributed by atoms with Gasteiger partial charge >= 0.3 is 5.97 Å². The van der Waals surface area contributed by atoms with Crippen molar-refractivity contribution in [1.82, 2.24) is 25.9 Å². The normalized spacial score (nSPS) is 15.0. The van der Waals surface area contributed by atoms with E-state index in [9.17, 15) is 24.3 Å². The van der Waals surface area contributed by atoms with Crippen LogP contribution in [-0.4, -0.2) is 62.9 Å². The Morgan fingerprint density at radius 3 is 1.66 bits per heavy atom. The maximum Gasteiger partial charge on any atom is 0.326 e. The van der Waals surface area contributed by atoms with E-state index in [0.29, 0.717) is 6.42 Å². The van der Waals surface area contributed by atoms with Crippen LogP contribution < -0.4 is 21.7 Å². The van der Waals surface area contributed by atoms with E-state index in [2.05, 4.69) is 25.9 Å². The molecule has 5 atom stereocenters. The number of carbonyl (C=O) groups excluding carboxylic acids is 3. The first-order chi connectivity index (χ1) is 21.0. The molecule has 0 saturated heterocycles. The summed E-state index contributed by atoms with van der Waals surface area (Å²) in [6.07, 6.45) is 4.47. The van der Waals surface area contributed by atoms with E-state index >= 15 is 0 Å². The molecule has 8 N–H and O–H groups in total. The van der Waals surface area contributed by atoms with Gasteiger partial charge in [-0.2, -0.15) is 0 Å². The van der Waals surface area contributed by atoms with Gasteiger partial charge in [-0.3, -0.25) is 14.4 Å². The van der Waals surface area contributed by atoms with E-state index in [4.69, 9.17) is 5.73 Å². The average Bonchev–Trinajstić information content (AvgIpc) is 3.61. The van der Waals surface area contributed by atoms with Crippen molar-refractivity contribution >= 4 is 45.5 Å². The molecule has 44 heavy (non-hydrogen) atoms. The van der Waals surface area contributed by atoms with E-state index in [-0.39, 0.29) is 18.8 Å². The van der Waals surface area contributed by atoms with Crippen LogP contribution in [0.3, 0.4) is 0 Å². The van der Waals surface area contributed by atoms with Crippen molar-refractivity contribution < 1.29 is 24.3 Å². The lowest BCUT2D eigenvalue weighted by molar-refractivity contribution is -0.143. The molecule has 0 bridgehead atoms. The van der Waals surface area contributed by atoms with Gasteiger partial charge in [-0.05, 0) is 35.1 Å². The van der Waals surface area contributed by atoms with Crippen molar-refractivity contribution in [2.45, 2.75) is 71.1 Å². The van der Waals surface area contributed by atoms with Gasteiger partial charge in [0.1, 0.15) is 18.1 Å². The summed E-state index contributed by atoms with van der Waals surface area (Å²) < 4.78 is 0. The number of para-hydroxylation sites is 2. The summed E-state index contributed by atoms with van der Waals surface area (Å²) in [5.74, 6) is -3.38. The second-order valence-corrected chi connectivity index (χ2v) is 11.7. The molecule has 2 heterocycles. The van der Waals surface area contributed by atoms with Crippen LogP contribution in [0.5, 0.6) is 0 Å². The number of hydrogen-bond acceptors (Lipinski definition) is 5. The molecular formula is C33H42N6O5. The number of nitrogens with two attached hydrogens (primary N) is 1. The molecule has 0 aliphatic heterocycles. The van der Waals surface area contributed by atoms with Crippen molar-refractivity contribution in [3.8, 4) is 0 Å². The van der Waals surface area contributed by atoms with Gasteiger partial charge in [0, 0.05) is 47.0 Å². The van der Waals surface area contributed by atoms with Gasteiger partial charge in [0.15, 0.2) is 0 Å². The van der Waals surface area contributed by atoms with Crippen LogP contribution in [0.4, 0.5) is 0 Å². The highest BCUT2D eigenvalue weighted by atomic mass is 16.4. The SMILES string of the molecule is CCC(C)C(N)C(=O)NC(Cc1c[nH]c2ccccc12)C(=O)NC(Cc1c[nH]c2ccccc12)C(=O)NC(C(=O)O)C(C)C. The lowest BCUT2D eigenvalue weighted by Crippen LogP contribution is -2.59. The zero-order valence-electron chi connectivity index (χ0n) is 25.5. The van der Waals surface area contributed by atoms with Crippen molar-refractivity contribution in [3.05, 3.63) is 72.1 Å². The highest BCUT2D eigenvalue weighted by Gasteiger charge is 2.33. The maximum absolute atomic E-state index is 14.0. The Hall–Kier alpha value is -4.64. The van der Waals surface area contributed by atoms with E-state index in [1.165, 1.54) is 0 Å². The topological polar surface area (TPSA) is 182 Å². The fraction of sp³-hybridized carbons (Fsp3) is 0.394. The van der Waals surface area contributed by atoms with Crippen molar-refractivity contribution in [3.63, 3.8) is 0 Å². The molecule has 2 aromatic carbocycles. The monoisotopic (exact) mass is 602 g/mol. The van der Waals surface area contributed by atoms with Crippen LogP contribution in [0.2, 0.25) is 0 Å². The first-order valence-corrected chi connectivity index (χ1v) is 15.0. The number of aliphatic carboxylic acids is 1. The van der Waals surface area contributed by atoms with E-state index in [0.717, 1.165) is 32.9 Å². The largest absolute Gasteiger partial charge is 0.480 e. The van der Waals surface area contributed by atoms with Crippen LogP contribution in [-0.2, 0) is 32.0 Å². The number of amides is 3. The minimum atomic E-state index is -1.17. The molecule has 0 aliphatic rings. The second-order valence-electron chi connectivity index (χ2n) is 11.7. The van der Waals surface area contributed by atoms with Crippen LogP contribution in [0.15, 0.2) is 60.9 Å². The van der Waals surface area contributed by atoms with Gasteiger partial charge in [0.2, 0.25) is 17.7 Å². The molecular weight excluding hydrogens is 560 g/mol. The summed E-state index contributed by atoms with van der Waals surface area (Å²) in [5.41, 5.74) is 9.54. The zero-order valence-corrected chi connectivity index (χ0v) is 25.5. The zero-order chi connectivity index (χ0) is 32.0. The molecule has 0 spiro atoms. The third-order valence-corrected chi connectivity index (χ3v) is 8.25. The van der Waals surface area contributed by atoms with Crippen LogP contribution in [0, 0.1) is 11.8 Å². The number of aromatic nitrogens is 2. The molecule has 0 radical (unpaired) electrons. The predicted octanol–water partition coefficient (Wildman–Crippen LogP) is 3.00. The summed E-state index contributed by atoms with van der Waals surface area (Å²) >= 11 is 0. The minimum absolute atomic E-state index is 0.0894. The molecule has 11 nitrogen and oxygen atoms in total. The van der Waals surface area contributed by atoms with Crippen LogP contribution in [0.25, 0.3) is 21.8 Å². The fourth-order valence-corrected chi connectivity index (χ4v) is 5.28. The lowest BCUT2D eigenvalue weighted by atomic mass is 9.97. The molecule has 0 fully saturated rings. The minimum Gasteiger partial charge on any atom is -0.480 e. The number of aromatic amines is 2. The van der Waals surface area contributed by atoms with Crippen LogP contribution >= 0.6 is 0 Å². The Bertz CT molecular complexity index is 1620. The summed E-state index contributed by atoms with van der Waals surface area (Å²) in [6.45, 7) is 7.19. The molecule has 5 unspecified atom stereocenters. The molecule has 0 aliphatic carbocycles. The molecule has 2 aromatic heterocycles. The number of hydrogen-bond donors (Lipinski definition) is 7. The van der Waals surface area contributed by atoms with E-state index in [1.54, 1.807) is 26.2 Å². The predicted molar refractivity (Wildman–Crippen MR) is 170 cm³/mol. The number of fused-ring (bicyclic) bond motifs is 2. The average molecular weight is 603 g/mol. The first kappa shape index (κ1) is 32.3. The Balaban J connectivity index is 1.65. The number of H-pyrrole nitrogens is 2.